The molecular weight excluding hydrogens is 212 g/mol. The molecule has 1 aliphatic rings. The smallest absolute Gasteiger partial charge is 0.115 e. The monoisotopic (exact) mass is 232 g/mol. The van der Waals surface area contributed by atoms with Crippen molar-refractivity contribution in [2.75, 3.05) is 7.11 Å². The van der Waals surface area contributed by atoms with E-state index in [1.165, 1.54) is 18.4 Å². The van der Waals surface area contributed by atoms with Crippen LogP contribution in [0.1, 0.15) is 31.2 Å². The van der Waals surface area contributed by atoms with E-state index in [1.807, 2.05) is 12.1 Å². The van der Waals surface area contributed by atoms with Crippen molar-refractivity contribution in [1.82, 2.24) is 0 Å². The number of aromatic hydroxyl groups is 1. The van der Waals surface area contributed by atoms with Crippen LogP contribution in [0.25, 0.3) is 0 Å². The number of allylic oxidation sites excluding steroid dienone is 1. The summed E-state index contributed by atoms with van der Waals surface area (Å²) in [6.45, 7) is 6.12. The number of phenolic OH excluding ortho intramolecular Hbond substituents is 1. The summed E-state index contributed by atoms with van der Waals surface area (Å²) in [7, 11) is 1.67. The third kappa shape index (κ3) is 2.63. The van der Waals surface area contributed by atoms with Gasteiger partial charge in [0, 0.05) is 5.92 Å². The Labute approximate surface area is 103 Å². The molecule has 17 heavy (non-hydrogen) atoms. The Bertz CT molecular complexity index is 407. The quantitative estimate of drug-likeness (QED) is 0.785. The highest BCUT2D eigenvalue weighted by atomic mass is 16.5. The molecule has 2 nitrogen and oxygen atoms in total. The third-order valence-corrected chi connectivity index (χ3v) is 3.69. The number of phenols is 1. The summed E-state index contributed by atoms with van der Waals surface area (Å²) in [5.41, 5.74) is 1.19. The predicted octanol–water partition coefficient (Wildman–Crippen LogP) is 3.68. The minimum Gasteiger partial charge on any atom is -0.508 e. The summed E-state index contributed by atoms with van der Waals surface area (Å²) in [5, 5.41) is 9.59. The van der Waals surface area contributed by atoms with E-state index < -0.39 is 0 Å². The van der Waals surface area contributed by atoms with Gasteiger partial charge in [-0.15, -0.1) is 0 Å². The molecule has 0 radical (unpaired) electrons. The number of methoxy groups -OCH3 is 1. The van der Waals surface area contributed by atoms with Crippen LogP contribution < -0.4 is 0 Å². The van der Waals surface area contributed by atoms with Crippen molar-refractivity contribution < 1.29 is 9.84 Å². The van der Waals surface area contributed by atoms with E-state index in [1.54, 1.807) is 13.2 Å². The van der Waals surface area contributed by atoms with E-state index in [0.717, 1.165) is 5.76 Å². The Morgan fingerprint density at radius 3 is 2.71 bits per heavy atom. The largest absolute Gasteiger partial charge is 0.508 e. The van der Waals surface area contributed by atoms with Crippen molar-refractivity contribution in [3.8, 4) is 5.75 Å². The van der Waals surface area contributed by atoms with Gasteiger partial charge in [0.1, 0.15) is 5.75 Å². The van der Waals surface area contributed by atoms with Crippen molar-refractivity contribution in [2.45, 2.75) is 25.7 Å². The molecular formula is C15H20O2. The maximum atomic E-state index is 9.59. The van der Waals surface area contributed by atoms with Crippen molar-refractivity contribution in [2.24, 2.45) is 11.8 Å². The van der Waals surface area contributed by atoms with Gasteiger partial charge in [-0.05, 0) is 42.4 Å². The fraction of sp³-hybridized carbons (Fsp3) is 0.467. The normalized spacial score (nSPS) is 18.5. The van der Waals surface area contributed by atoms with Gasteiger partial charge in [-0.1, -0.05) is 25.6 Å². The second-order valence-electron chi connectivity index (χ2n) is 4.92. The van der Waals surface area contributed by atoms with Gasteiger partial charge in [-0.3, -0.25) is 0 Å². The van der Waals surface area contributed by atoms with Gasteiger partial charge in [-0.2, -0.15) is 0 Å². The van der Waals surface area contributed by atoms with Crippen LogP contribution in [0.2, 0.25) is 0 Å². The van der Waals surface area contributed by atoms with E-state index in [-0.39, 0.29) is 5.92 Å². The molecule has 1 saturated carbocycles. The highest BCUT2D eigenvalue weighted by Gasteiger charge is 2.37. The highest BCUT2D eigenvalue weighted by molar-refractivity contribution is 5.32. The molecule has 2 heteroatoms. The molecule has 0 heterocycles. The zero-order chi connectivity index (χ0) is 12.4. The maximum Gasteiger partial charge on any atom is 0.115 e. The lowest BCUT2D eigenvalue weighted by Gasteiger charge is -2.25. The fourth-order valence-corrected chi connectivity index (χ4v) is 2.54. The average Bonchev–Trinajstić information content (AvgIpc) is 3.12. The third-order valence-electron chi connectivity index (χ3n) is 3.69. The van der Waals surface area contributed by atoms with Crippen LogP contribution in [0, 0.1) is 11.8 Å². The molecule has 2 atom stereocenters. The molecule has 1 unspecified atom stereocenters. The Morgan fingerprint density at radius 2 is 2.18 bits per heavy atom. The first kappa shape index (κ1) is 12.0. The lowest BCUT2D eigenvalue weighted by Crippen LogP contribution is -2.15. The molecule has 0 spiro atoms. The molecule has 0 saturated heterocycles. The zero-order valence-electron chi connectivity index (χ0n) is 10.5. The number of benzene rings is 1. The van der Waals surface area contributed by atoms with Gasteiger partial charge < -0.3 is 9.84 Å². The topological polar surface area (TPSA) is 29.5 Å². The van der Waals surface area contributed by atoms with Gasteiger partial charge >= 0.3 is 0 Å². The summed E-state index contributed by atoms with van der Waals surface area (Å²) in [4.78, 5) is 0. The second kappa shape index (κ2) is 4.82. The van der Waals surface area contributed by atoms with Crippen LogP contribution in [0.5, 0.6) is 5.75 Å². The van der Waals surface area contributed by atoms with E-state index in [0.29, 0.717) is 17.6 Å². The zero-order valence-corrected chi connectivity index (χ0v) is 10.5. The van der Waals surface area contributed by atoms with Crippen LogP contribution in [0.15, 0.2) is 36.6 Å². The molecule has 92 valence electrons. The maximum absolute atomic E-state index is 9.59. The summed E-state index contributed by atoms with van der Waals surface area (Å²) < 4.78 is 5.27. The number of rotatable bonds is 5. The summed E-state index contributed by atoms with van der Waals surface area (Å²) in [5.74, 6) is 2.57. The second-order valence-corrected chi connectivity index (χ2v) is 4.92. The van der Waals surface area contributed by atoms with Crippen molar-refractivity contribution >= 4 is 0 Å². The Kier molecular flexibility index (Phi) is 3.41. The molecule has 0 aliphatic heterocycles. The standard InChI is InChI=1S/C15H20O2/c1-10(11(2)17-3)15(12-7-8-12)13-5-4-6-14(16)9-13/h4-6,9-10,12,15-16H,2,7-8H2,1,3H3/t10?,15-/m0/s1. The number of hydrogen-bond acceptors (Lipinski definition) is 2. The SMILES string of the molecule is C=C(OC)C(C)[C@H](c1cccc(O)c1)C1CC1. The Morgan fingerprint density at radius 1 is 1.47 bits per heavy atom. The van der Waals surface area contributed by atoms with Crippen molar-refractivity contribution in [3.05, 3.63) is 42.2 Å². The molecule has 1 aromatic rings. The van der Waals surface area contributed by atoms with Gasteiger partial charge in [0.25, 0.3) is 0 Å². The van der Waals surface area contributed by atoms with Crippen LogP contribution in [-0.2, 0) is 4.74 Å². The van der Waals surface area contributed by atoms with E-state index >= 15 is 0 Å². The Hall–Kier alpha value is -1.44. The average molecular weight is 232 g/mol. The predicted molar refractivity (Wildman–Crippen MR) is 68.9 cm³/mol. The van der Waals surface area contributed by atoms with E-state index in [9.17, 15) is 5.11 Å². The number of hydrogen-bond donors (Lipinski definition) is 1. The van der Waals surface area contributed by atoms with Crippen LogP contribution >= 0.6 is 0 Å². The van der Waals surface area contributed by atoms with Gasteiger partial charge in [0.15, 0.2) is 0 Å². The van der Waals surface area contributed by atoms with E-state index in [2.05, 4.69) is 19.6 Å². The molecule has 1 fully saturated rings. The lowest BCUT2D eigenvalue weighted by molar-refractivity contribution is 0.228. The molecule has 1 N–H and O–H groups in total. The highest BCUT2D eigenvalue weighted by Crippen LogP contribution is 2.48. The summed E-state index contributed by atoms with van der Waals surface area (Å²) >= 11 is 0. The fourth-order valence-electron chi connectivity index (χ4n) is 2.54. The van der Waals surface area contributed by atoms with Crippen molar-refractivity contribution in [3.63, 3.8) is 0 Å². The minimum absolute atomic E-state index is 0.286. The van der Waals surface area contributed by atoms with Crippen LogP contribution in [0.3, 0.4) is 0 Å². The molecule has 0 bridgehead atoms. The minimum atomic E-state index is 0.286. The van der Waals surface area contributed by atoms with Crippen LogP contribution in [-0.4, -0.2) is 12.2 Å². The molecule has 2 rings (SSSR count). The van der Waals surface area contributed by atoms with Crippen LogP contribution in [0.4, 0.5) is 0 Å². The van der Waals surface area contributed by atoms with Crippen molar-refractivity contribution in [1.29, 1.82) is 0 Å². The molecule has 0 amide bonds. The summed E-state index contributed by atoms with van der Waals surface area (Å²) in [6.07, 6.45) is 2.53. The molecule has 1 aromatic carbocycles. The summed E-state index contributed by atoms with van der Waals surface area (Å²) in [6, 6.07) is 7.57. The van der Waals surface area contributed by atoms with Gasteiger partial charge in [0.05, 0.1) is 12.9 Å². The first-order valence-electron chi connectivity index (χ1n) is 6.15. The van der Waals surface area contributed by atoms with Gasteiger partial charge in [0.2, 0.25) is 0 Å². The molecule has 0 aromatic heterocycles. The van der Waals surface area contributed by atoms with E-state index in [4.69, 9.17) is 4.74 Å². The van der Waals surface area contributed by atoms with Gasteiger partial charge in [-0.25, -0.2) is 0 Å². The Balaban J connectivity index is 2.26. The first-order chi connectivity index (χ1) is 8.13. The number of ether oxygens (including phenoxy) is 1. The first-order valence-corrected chi connectivity index (χ1v) is 6.15. The molecule has 1 aliphatic carbocycles. The lowest BCUT2D eigenvalue weighted by atomic mass is 9.82.